The SMILES string of the molecule is CCNC(=NCc1ccc(C)cc1OC(C)CC)NCCC(=O)NC(C)C. The van der Waals surface area contributed by atoms with Crippen molar-refractivity contribution < 1.29 is 9.53 Å². The molecule has 27 heavy (non-hydrogen) atoms. The summed E-state index contributed by atoms with van der Waals surface area (Å²) in [6.45, 7) is 14.0. The number of aliphatic imine (C=N–C) groups is 1. The van der Waals surface area contributed by atoms with Crippen LogP contribution in [0.25, 0.3) is 0 Å². The Labute approximate surface area is 164 Å². The quantitative estimate of drug-likeness (QED) is 0.433. The van der Waals surface area contributed by atoms with E-state index < -0.39 is 0 Å². The largest absolute Gasteiger partial charge is 0.490 e. The van der Waals surface area contributed by atoms with Crippen LogP contribution >= 0.6 is 0 Å². The van der Waals surface area contributed by atoms with Crippen molar-refractivity contribution in [2.24, 2.45) is 4.99 Å². The molecular formula is C21H36N4O2. The van der Waals surface area contributed by atoms with E-state index >= 15 is 0 Å². The molecule has 0 saturated heterocycles. The van der Waals surface area contributed by atoms with Gasteiger partial charge in [-0.2, -0.15) is 0 Å². The average molecular weight is 377 g/mol. The van der Waals surface area contributed by atoms with Crippen molar-refractivity contribution >= 4 is 11.9 Å². The summed E-state index contributed by atoms with van der Waals surface area (Å²) >= 11 is 0. The van der Waals surface area contributed by atoms with Gasteiger partial charge in [0.25, 0.3) is 0 Å². The van der Waals surface area contributed by atoms with Gasteiger partial charge in [-0.3, -0.25) is 4.79 Å². The van der Waals surface area contributed by atoms with E-state index in [0.717, 1.165) is 24.3 Å². The predicted octanol–water partition coefficient (Wildman–Crippen LogP) is 3.14. The Morgan fingerprint density at radius 3 is 2.56 bits per heavy atom. The molecule has 6 nitrogen and oxygen atoms in total. The Hall–Kier alpha value is -2.24. The maximum Gasteiger partial charge on any atom is 0.221 e. The molecule has 0 fully saturated rings. The molecule has 0 saturated carbocycles. The third kappa shape index (κ3) is 9.31. The summed E-state index contributed by atoms with van der Waals surface area (Å²) in [6.07, 6.45) is 1.54. The van der Waals surface area contributed by atoms with Gasteiger partial charge in [0.2, 0.25) is 5.91 Å². The molecule has 1 aromatic rings. The van der Waals surface area contributed by atoms with Crippen molar-refractivity contribution in [1.82, 2.24) is 16.0 Å². The van der Waals surface area contributed by atoms with E-state index in [1.807, 2.05) is 20.8 Å². The Kier molecular flexibility index (Phi) is 10.3. The molecule has 3 N–H and O–H groups in total. The highest BCUT2D eigenvalue weighted by atomic mass is 16.5. The molecule has 0 spiro atoms. The maximum absolute atomic E-state index is 11.8. The first-order valence-corrected chi connectivity index (χ1v) is 9.93. The monoisotopic (exact) mass is 376 g/mol. The van der Waals surface area contributed by atoms with Crippen LogP contribution in [0.5, 0.6) is 5.75 Å². The van der Waals surface area contributed by atoms with E-state index in [1.54, 1.807) is 0 Å². The summed E-state index contributed by atoms with van der Waals surface area (Å²) in [5, 5.41) is 9.32. The van der Waals surface area contributed by atoms with Gasteiger partial charge in [0.05, 0.1) is 12.6 Å². The molecular weight excluding hydrogens is 340 g/mol. The lowest BCUT2D eigenvalue weighted by atomic mass is 10.1. The molecule has 152 valence electrons. The second kappa shape index (κ2) is 12.2. The number of guanidine groups is 1. The summed E-state index contributed by atoms with van der Waals surface area (Å²) in [7, 11) is 0. The lowest BCUT2D eigenvalue weighted by molar-refractivity contribution is -0.121. The van der Waals surface area contributed by atoms with Crippen LogP contribution in [0.3, 0.4) is 0 Å². The fraction of sp³-hybridized carbons (Fsp3) is 0.619. The maximum atomic E-state index is 11.8. The first-order chi connectivity index (χ1) is 12.8. The van der Waals surface area contributed by atoms with Gasteiger partial charge in [-0.15, -0.1) is 0 Å². The zero-order chi connectivity index (χ0) is 20.2. The Balaban J connectivity index is 2.73. The van der Waals surface area contributed by atoms with E-state index in [-0.39, 0.29) is 18.1 Å². The molecule has 0 radical (unpaired) electrons. The second-order valence-electron chi connectivity index (χ2n) is 7.04. The van der Waals surface area contributed by atoms with Gasteiger partial charge in [-0.05, 0) is 52.7 Å². The van der Waals surface area contributed by atoms with E-state index in [9.17, 15) is 4.79 Å². The summed E-state index contributed by atoms with van der Waals surface area (Å²) in [4.78, 5) is 16.4. The fourth-order valence-corrected chi connectivity index (χ4v) is 2.40. The summed E-state index contributed by atoms with van der Waals surface area (Å²) in [5.41, 5.74) is 2.22. The van der Waals surface area contributed by atoms with Crippen LogP contribution in [-0.2, 0) is 11.3 Å². The molecule has 0 bridgehead atoms. The van der Waals surface area contributed by atoms with Gasteiger partial charge < -0.3 is 20.7 Å². The van der Waals surface area contributed by atoms with Gasteiger partial charge in [0.15, 0.2) is 5.96 Å². The van der Waals surface area contributed by atoms with Crippen molar-refractivity contribution in [3.8, 4) is 5.75 Å². The van der Waals surface area contributed by atoms with Gasteiger partial charge in [0.1, 0.15) is 5.75 Å². The highest BCUT2D eigenvalue weighted by Gasteiger charge is 2.09. The molecule has 0 heterocycles. The lowest BCUT2D eigenvalue weighted by Crippen LogP contribution is -2.40. The molecule has 0 aliphatic heterocycles. The third-order valence-corrected chi connectivity index (χ3v) is 3.97. The summed E-state index contributed by atoms with van der Waals surface area (Å²) in [6, 6.07) is 6.36. The number of nitrogens with one attached hydrogen (secondary N) is 3. The Morgan fingerprint density at radius 1 is 1.19 bits per heavy atom. The molecule has 0 aliphatic rings. The van der Waals surface area contributed by atoms with Gasteiger partial charge >= 0.3 is 0 Å². The Morgan fingerprint density at radius 2 is 1.93 bits per heavy atom. The normalized spacial score (nSPS) is 12.6. The number of amides is 1. The molecule has 1 unspecified atom stereocenters. The molecule has 1 rings (SSSR count). The fourth-order valence-electron chi connectivity index (χ4n) is 2.40. The number of hydrogen-bond acceptors (Lipinski definition) is 3. The zero-order valence-corrected chi connectivity index (χ0v) is 17.7. The molecule has 1 amide bonds. The highest BCUT2D eigenvalue weighted by molar-refractivity contribution is 5.81. The van der Waals surface area contributed by atoms with E-state index in [2.05, 4.69) is 59.9 Å². The van der Waals surface area contributed by atoms with Gasteiger partial charge in [-0.25, -0.2) is 4.99 Å². The highest BCUT2D eigenvalue weighted by Crippen LogP contribution is 2.23. The molecule has 0 aromatic heterocycles. The van der Waals surface area contributed by atoms with Crippen LogP contribution in [0.2, 0.25) is 0 Å². The van der Waals surface area contributed by atoms with Crippen LogP contribution in [-0.4, -0.2) is 37.1 Å². The van der Waals surface area contributed by atoms with Crippen molar-refractivity contribution in [2.45, 2.75) is 73.1 Å². The molecule has 1 atom stereocenters. The number of hydrogen-bond donors (Lipinski definition) is 3. The van der Waals surface area contributed by atoms with Gasteiger partial charge in [-0.1, -0.05) is 19.1 Å². The van der Waals surface area contributed by atoms with E-state index in [4.69, 9.17) is 4.74 Å². The zero-order valence-electron chi connectivity index (χ0n) is 17.7. The minimum Gasteiger partial charge on any atom is -0.490 e. The number of carbonyl (C=O) groups excluding carboxylic acids is 1. The van der Waals surface area contributed by atoms with Crippen molar-refractivity contribution in [1.29, 1.82) is 0 Å². The number of rotatable bonds is 10. The van der Waals surface area contributed by atoms with Crippen LogP contribution in [0.1, 0.15) is 58.6 Å². The number of benzene rings is 1. The molecule has 1 aromatic carbocycles. The van der Waals surface area contributed by atoms with Crippen molar-refractivity contribution in [3.63, 3.8) is 0 Å². The van der Waals surface area contributed by atoms with Crippen LogP contribution in [0, 0.1) is 6.92 Å². The predicted molar refractivity (Wildman–Crippen MR) is 112 cm³/mol. The molecule has 0 aliphatic carbocycles. The van der Waals surface area contributed by atoms with E-state index in [0.29, 0.717) is 25.5 Å². The van der Waals surface area contributed by atoms with Crippen molar-refractivity contribution in [2.75, 3.05) is 13.1 Å². The lowest BCUT2D eigenvalue weighted by Gasteiger charge is -2.17. The van der Waals surface area contributed by atoms with Crippen molar-refractivity contribution in [3.05, 3.63) is 29.3 Å². The average Bonchev–Trinajstić information content (AvgIpc) is 2.60. The minimum atomic E-state index is 0.0381. The summed E-state index contributed by atoms with van der Waals surface area (Å²) < 4.78 is 6.05. The van der Waals surface area contributed by atoms with Crippen LogP contribution < -0.4 is 20.7 Å². The standard InChI is InChI=1S/C21H36N4O2/c1-7-17(6)27-19-13-16(5)9-10-18(19)14-24-21(22-8-2)23-12-11-20(26)25-15(3)4/h9-10,13,15,17H,7-8,11-12,14H2,1-6H3,(H,25,26)(H2,22,23,24). The minimum absolute atomic E-state index is 0.0381. The number of carbonyl (C=O) groups is 1. The first kappa shape index (κ1) is 22.8. The van der Waals surface area contributed by atoms with Gasteiger partial charge in [0, 0.05) is 31.1 Å². The first-order valence-electron chi connectivity index (χ1n) is 9.93. The van der Waals surface area contributed by atoms with Crippen LogP contribution in [0.15, 0.2) is 23.2 Å². The number of nitrogens with zero attached hydrogens (tertiary/aromatic N) is 1. The number of aryl methyl sites for hydroxylation is 1. The molecule has 6 heteroatoms. The van der Waals surface area contributed by atoms with E-state index in [1.165, 1.54) is 5.56 Å². The Bertz CT molecular complexity index is 614. The summed E-state index contributed by atoms with van der Waals surface area (Å²) in [5.74, 6) is 1.63. The number of ether oxygens (including phenoxy) is 1. The third-order valence-electron chi connectivity index (χ3n) is 3.97. The smallest absolute Gasteiger partial charge is 0.221 e. The van der Waals surface area contributed by atoms with Crippen LogP contribution in [0.4, 0.5) is 0 Å². The topological polar surface area (TPSA) is 74.8 Å². The second-order valence-corrected chi connectivity index (χ2v) is 7.04.